The van der Waals surface area contributed by atoms with Gasteiger partial charge in [-0.2, -0.15) is 0 Å². The molecule has 1 fully saturated rings. The van der Waals surface area contributed by atoms with Gasteiger partial charge in [-0.3, -0.25) is 4.99 Å². The van der Waals surface area contributed by atoms with Crippen LogP contribution in [0.3, 0.4) is 0 Å². The second-order valence-electron chi connectivity index (χ2n) is 7.40. The summed E-state index contributed by atoms with van der Waals surface area (Å²) < 4.78 is 0. The lowest BCUT2D eigenvalue weighted by Gasteiger charge is -2.45. The predicted octanol–water partition coefficient (Wildman–Crippen LogP) is 3.14. The van der Waals surface area contributed by atoms with E-state index in [-0.39, 0.29) is 6.04 Å². The largest absolute Gasteiger partial charge is 0.399 e. The summed E-state index contributed by atoms with van der Waals surface area (Å²) in [7, 11) is 0. The van der Waals surface area contributed by atoms with Gasteiger partial charge in [0.25, 0.3) is 0 Å². The van der Waals surface area contributed by atoms with Crippen molar-refractivity contribution in [1.82, 2.24) is 0 Å². The zero-order chi connectivity index (χ0) is 17.4. The first-order valence-electron chi connectivity index (χ1n) is 9.19. The van der Waals surface area contributed by atoms with E-state index in [1.807, 2.05) is 36.4 Å². The Morgan fingerprint density at radius 2 is 1.64 bits per heavy atom. The van der Waals surface area contributed by atoms with Gasteiger partial charge >= 0.3 is 0 Å². The second kappa shape index (κ2) is 6.19. The van der Waals surface area contributed by atoms with Gasteiger partial charge in [0.1, 0.15) is 5.84 Å². The van der Waals surface area contributed by atoms with Crippen molar-refractivity contribution in [2.24, 2.45) is 22.4 Å². The molecule has 1 aliphatic carbocycles. The number of fused-ring (bicyclic) bond motifs is 1. The first kappa shape index (κ1) is 16.2. The number of hydrogen-bond donors (Lipinski definition) is 3. The minimum Gasteiger partial charge on any atom is -0.399 e. The van der Waals surface area contributed by atoms with Gasteiger partial charge < -0.3 is 17.2 Å². The Labute approximate surface area is 149 Å². The van der Waals surface area contributed by atoms with Gasteiger partial charge in [-0.15, -0.1) is 0 Å². The van der Waals surface area contributed by atoms with Crippen LogP contribution >= 0.6 is 0 Å². The molecule has 6 N–H and O–H groups in total. The van der Waals surface area contributed by atoms with Crippen LogP contribution in [0.5, 0.6) is 0 Å². The molecular formula is C21H26N4. The lowest BCUT2D eigenvalue weighted by Crippen LogP contribution is -2.55. The average molecular weight is 334 g/mol. The highest BCUT2D eigenvalue weighted by Gasteiger charge is 2.47. The lowest BCUT2D eigenvalue weighted by atomic mass is 9.67. The van der Waals surface area contributed by atoms with Crippen molar-refractivity contribution in [3.63, 3.8) is 0 Å². The van der Waals surface area contributed by atoms with E-state index in [2.05, 4.69) is 12.1 Å². The Hall–Kier alpha value is -2.33. The van der Waals surface area contributed by atoms with E-state index in [9.17, 15) is 0 Å². The molecule has 2 atom stereocenters. The summed E-state index contributed by atoms with van der Waals surface area (Å²) in [4.78, 5) is 4.94. The molecule has 0 radical (unpaired) electrons. The van der Waals surface area contributed by atoms with Crippen LogP contribution in [0.2, 0.25) is 0 Å². The van der Waals surface area contributed by atoms with E-state index in [0.717, 1.165) is 29.5 Å². The molecule has 0 bridgehead atoms. The number of nitrogens with zero attached hydrogens (tertiary/aromatic N) is 1. The molecule has 1 saturated carbocycles. The van der Waals surface area contributed by atoms with Crippen LogP contribution in [0, 0.1) is 5.92 Å². The third kappa shape index (κ3) is 2.61. The van der Waals surface area contributed by atoms with E-state index in [0.29, 0.717) is 17.4 Å². The Morgan fingerprint density at radius 1 is 0.920 bits per heavy atom. The standard InChI is InChI=1S/C21H26N4/c22-16-11-12-17-18(13-16)21(24,15-9-5-2-6-10-15)19(25-20(17)23)14-7-3-1-4-8-14/h2,5-6,9-14,19H,1,3-4,7-8,22,24H2,(H2,23,25). The second-order valence-corrected chi connectivity index (χ2v) is 7.40. The van der Waals surface area contributed by atoms with Crippen LogP contribution in [0.1, 0.15) is 48.8 Å². The third-order valence-corrected chi connectivity index (χ3v) is 5.86. The topological polar surface area (TPSA) is 90.4 Å². The number of anilines is 1. The van der Waals surface area contributed by atoms with Crippen molar-refractivity contribution in [3.8, 4) is 0 Å². The van der Waals surface area contributed by atoms with Crippen LogP contribution in [0.15, 0.2) is 53.5 Å². The highest BCUT2D eigenvalue weighted by Crippen LogP contribution is 2.44. The summed E-state index contributed by atoms with van der Waals surface area (Å²) in [6.07, 6.45) is 6.10. The maximum absolute atomic E-state index is 7.18. The summed E-state index contributed by atoms with van der Waals surface area (Å²) in [5, 5.41) is 0. The normalized spacial score (nSPS) is 26.8. The van der Waals surface area contributed by atoms with E-state index in [4.69, 9.17) is 22.2 Å². The molecule has 2 aliphatic rings. The first-order valence-corrected chi connectivity index (χ1v) is 9.19. The number of benzene rings is 2. The van der Waals surface area contributed by atoms with Crippen molar-refractivity contribution in [3.05, 3.63) is 65.2 Å². The molecule has 0 saturated heterocycles. The van der Waals surface area contributed by atoms with Crippen molar-refractivity contribution >= 4 is 11.5 Å². The molecule has 0 spiro atoms. The highest BCUT2D eigenvalue weighted by atomic mass is 15.0. The molecule has 0 aromatic heterocycles. The van der Waals surface area contributed by atoms with Crippen molar-refractivity contribution in [2.75, 3.05) is 5.73 Å². The van der Waals surface area contributed by atoms with Gasteiger partial charge in [0.15, 0.2) is 0 Å². The molecular weight excluding hydrogens is 308 g/mol. The first-order chi connectivity index (χ1) is 12.1. The highest BCUT2D eigenvalue weighted by molar-refractivity contribution is 6.01. The van der Waals surface area contributed by atoms with E-state index < -0.39 is 5.54 Å². The van der Waals surface area contributed by atoms with Gasteiger partial charge in [-0.25, -0.2) is 0 Å². The maximum atomic E-state index is 7.18. The molecule has 4 heteroatoms. The van der Waals surface area contributed by atoms with Gasteiger partial charge in [-0.05, 0) is 48.1 Å². The molecule has 4 rings (SSSR count). The fourth-order valence-electron chi connectivity index (χ4n) is 4.58. The third-order valence-electron chi connectivity index (χ3n) is 5.86. The van der Waals surface area contributed by atoms with Gasteiger partial charge in [0.2, 0.25) is 0 Å². The Bertz CT molecular complexity index is 793. The summed E-state index contributed by atoms with van der Waals surface area (Å²) in [6.45, 7) is 0. The Kier molecular flexibility index (Phi) is 4.00. The number of hydrogen-bond acceptors (Lipinski definition) is 4. The van der Waals surface area contributed by atoms with Crippen LogP contribution in [0.25, 0.3) is 0 Å². The number of nitrogens with two attached hydrogens (primary N) is 3. The van der Waals surface area contributed by atoms with E-state index >= 15 is 0 Å². The van der Waals surface area contributed by atoms with Crippen LogP contribution in [-0.2, 0) is 5.54 Å². The number of amidine groups is 1. The van der Waals surface area contributed by atoms with E-state index in [1.54, 1.807) is 0 Å². The van der Waals surface area contributed by atoms with Gasteiger partial charge in [0, 0.05) is 11.3 Å². The molecule has 1 aliphatic heterocycles. The maximum Gasteiger partial charge on any atom is 0.126 e. The molecule has 4 nitrogen and oxygen atoms in total. The number of rotatable bonds is 2. The fourth-order valence-corrected chi connectivity index (χ4v) is 4.58. The molecule has 130 valence electrons. The van der Waals surface area contributed by atoms with Crippen molar-refractivity contribution < 1.29 is 0 Å². The smallest absolute Gasteiger partial charge is 0.126 e. The summed E-state index contributed by atoms with van der Waals surface area (Å²) in [5.74, 6) is 1.04. The van der Waals surface area contributed by atoms with Crippen molar-refractivity contribution in [2.45, 2.75) is 43.7 Å². The Morgan fingerprint density at radius 3 is 2.36 bits per heavy atom. The van der Waals surface area contributed by atoms with Crippen LogP contribution in [0.4, 0.5) is 5.69 Å². The van der Waals surface area contributed by atoms with E-state index in [1.165, 1.54) is 19.3 Å². The lowest BCUT2D eigenvalue weighted by molar-refractivity contribution is 0.238. The zero-order valence-corrected chi connectivity index (χ0v) is 14.5. The molecule has 2 aromatic carbocycles. The zero-order valence-electron chi connectivity index (χ0n) is 14.5. The summed E-state index contributed by atoms with van der Waals surface area (Å²) >= 11 is 0. The molecule has 25 heavy (non-hydrogen) atoms. The Balaban J connectivity index is 1.92. The van der Waals surface area contributed by atoms with Gasteiger partial charge in [0.05, 0.1) is 11.6 Å². The summed E-state index contributed by atoms with van der Waals surface area (Å²) in [6, 6.07) is 16.0. The molecule has 0 amide bonds. The van der Waals surface area contributed by atoms with Crippen LogP contribution in [-0.4, -0.2) is 11.9 Å². The van der Waals surface area contributed by atoms with Crippen LogP contribution < -0.4 is 17.2 Å². The fraction of sp³-hybridized carbons (Fsp3) is 0.381. The average Bonchev–Trinajstić information content (AvgIpc) is 2.66. The predicted molar refractivity (Wildman–Crippen MR) is 103 cm³/mol. The monoisotopic (exact) mass is 334 g/mol. The summed E-state index contributed by atoms with van der Waals surface area (Å²) in [5.41, 5.74) is 22.6. The minimum absolute atomic E-state index is 0.0514. The quantitative estimate of drug-likeness (QED) is 0.737. The van der Waals surface area contributed by atoms with Crippen molar-refractivity contribution in [1.29, 1.82) is 0 Å². The number of nitrogen functional groups attached to an aromatic ring is 1. The minimum atomic E-state index is -0.698. The molecule has 2 unspecified atom stereocenters. The number of aliphatic imine (C=N–C) groups is 1. The SMILES string of the molecule is NC1=NC(C2CCCCC2)C(N)(c2ccccc2)c2cc(N)ccc21. The molecule has 1 heterocycles. The molecule has 2 aromatic rings. The van der Waals surface area contributed by atoms with Gasteiger partial charge in [-0.1, -0.05) is 49.6 Å².